The van der Waals surface area contributed by atoms with Crippen LogP contribution in [0.3, 0.4) is 0 Å². The number of nitrogens with two attached hydrogens (primary N) is 1. The number of ether oxygens (including phenoxy) is 1. The van der Waals surface area contributed by atoms with E-state index < -0.39 is 0 Å². The molecule has 0 aromatic carbocycles. The Morgan fingerprint density at radius 3 is 3.00 bits per heavy atom. The molecule has 72 valence electrons. The lowest BCUT2D eigenvalue weighted by Gasteiger charge is -1.99. The number of rotatable bonds is 3. The summed E-state index contributed by atoms with van der Waals surface area (Å²) in [6.07, 6.45) is 0.807. The zero-order valence-corrected chi connectivity index (χ0v) is 8.56. The molecular weight excluding hydrogens is 186 g/mol. The minimum Gasteiger partial charge on any atom is -0.465 e. The van der Waals surface area contributed by atoms with Crippen LogP contribution in [-0.4, -0.2) is 19.1 Å². The summed E-state index contributed by atoms with van der Waals surface area (Å²) in [6, 6.07) is 1.96. The predicted molar refractivity (Wildman–Crippen MR) is 53.0 cm³/mol. The Balaban J connectivity index is 2.69. The molecule has 4 heteroatoms. The van der Waals surface area contributed by atoms with E-state index in [4.69, 9.17) is 5.73 Å². The molecule has 1 heterocycles. The Labute approximate surface area is 81.5 Å². The molecule has 0 amide bonds. The van der Waals surface area contributed by atoms with E-state index in [9.17, 15) is 4.79 Å². The fraction of sp³-hybridized carbons (Fsp3) is 0.444. The first kappa shape index (κ1) is 10.2. The number of carbonyl (C=O) groups is 1. The Kier molecular flexibility index (Phi) is 3.45. The maximum Gasteiger partial charge on any atom is 0.338 e. The van der Waals surface area contributed by atoms with Crippen molar-refractivity contribution in [1.82, 2.24) is 0 Å². The molecule has 0 radical (unpaired) electrons. The van der Waals surface area contributed by atoms with Crippen molar-refractivity contribution in [3.8, 4) is 0 Å². The van der Waals surface area contributed by atoms with Gasteiger partial charge in [-0.3, -0.25) is 0 Å². The number of thiophene rings is 1. The Morgan fingerprint density at radius 1 is 1.77 bits per heavy atom. The van der Waals surface area contributed by atoms with Crippen LogP contribution in [0.4, 0.5) is 0 Å². The van der Waals surface area contributed by atoms with Gasteiger partial charge >= 0.3 is 5.97 Å². The molecule has 2 N–H and O–H groups in total. The van der Waals surface area contributed by atoms with Gasteiger partial charge in [0.05, 0.1) is 12.7 Å². The standard InChI is InChI=1S/C9H13NO2S/c1-6(10)3-8-4-7(5-13-8)9(11)12-2/h4-6H,3,10H2,1-2H3/t6-/m1/s1. The summed E-state index contributed by atoms with van der Waals surface area (Å²) < 4.78 is 4.59. The number of hydrogen-bond donors (Lipinski definition) is 1. The summed E-state index contributed by atoms with van der Waals surface area (Å²) in [5.74, 6) is -0.285. The summed E-state index contributed by atoms with van der Waals surface area (Å²) >= 11 is 1.54. The van der Waals surface area contributed by atoms with Crippen molar-refractivity contribution in [2.75, 3.05) is 7.11 Å². The van der Waals surface area contributed by atoms with Crippen LogP contribution in [0.15, 0.2) is 11.4 Å². The van der Waals surface area contributed by atoms with Gasteiger partial charge in [0.1, 0.15) is 0 Å². The van der Waals surface area contributed by atoms with E-state index in [1.807, 2.05) is 13.0 Å². The van der Waals surface area contributed by atoms with Crippen molar-refractivity contribution in [2.45, 2.75) is 19.4 Å². The van der Waals surface area contributed by atoms with Crippen LogP contribution < -0.4 is 5.73 Å². The fourth-order valence-electron chi connectivity index (χ4n) is 1.03. The van der Waals surface area contributed by atoms with Crippen molar-refractivity contribution in [3.05, 3.63) is 21.9 Å². The Hall–Kier alpha value is -0.870. The van der Waals surface area contributed by atoms with E-state index in [1.54, 1.807) is 16.7 Å². The number of hydrogen-bond acceptors (Lipinski definition) is 4. The summed E-state index contributed by atoms with van der Waals surface area (Å²) in [5, 5.41) is 1.80. The zero-order chi connectivity index (χ0) is 9.84. The summed E-state index contributed by atoms with van der Waals surface area (Å²) in [7, 11) is 1.38. The highest BCUT2D eigenvalue weighted by Gasteiger charge is 2.08. The Morgan fingerprint density at radius 2 is 2.46 bits per heavy atom. The molecule has 0 fully saturated rings. The van der Waals surface area contributed by atoms with Gasteiger partial charge in [-0.15, -0.1) is 11.3 Å². The molecule has 0 bridgehead atoms. The van der Waals surface area contributed by atoms with E-state index in [-0.39, 0.29) is 12.0 Å². The van der Waals surface area contributed by atoms with Gasteiger partial charge in [-0.25, -0.2) is 4.79 Å². The van der Waals surface area contributed by atoms with Crippen LogP contribution in [0.25, 0.3) is 0 Å². The van der Waals surface area contributed by atoms with Crippen molar-refractivity contribution in [2.24, 2.45) is 5.73 Å². The van der Waals surface area contributed by atoms with E-state index in [0.717, 1.165) is 11.3 Å². The molecule has 13 heavy (non-hydrogen) atoms. The molecule has 0 saturated heterocycles. The first-order valence-corrected chi connectivity index (χ1v) is 4.92. The van der Waals surface area contributed by atoms with Gasteiger partial charge in [0.25, 0.3) is 0 Å². The van der Waals surface area contributed by atoms with Gasteiger partial charge < -0.3 is 10.5 Å². The van der Waals surface area contributed by atoms with Crippen molar-refractivity contribution in [3.63, 3.8) is 0 Å². The van der Waals surface area contributed by atoms with Crippen LogP contribution in [0, 0.1) is 0 Å². The number of carbonyl (C=O) groups excluding carboxylic acids is 1. The molecule has 1 atom stereocenters. The number of esters is 1. The summed E-state index contributed by atoms with van der Waals surface area (Å²) in [6.45, 7) is 1.94. The molecule has 1 rings (SSSR count). The smallest absolute Gasteiger partial charge is 0.338 e. The monoisotopic (exact) mass is 199 g/mol. The van der Waals surface area contributed by atoms with Gasteiger partial charge in [-0.1, -0.05) is 0 Å². The second kappa shape index (κ2) is 4.39. The quantitative estimate of drug-likeness (QED) is 0.749. The second-order valence-corrected chi connectivity index (χ2v) is 3.97. The average Bonchev–Trinajstić information content (AvgIpc) is 2.50. The molecule has 0 saturated carbocycles. The molecule has 0 aliphatic carbocycles. The van der Waals surface area contributed by atoms with Crippen molar-refractivity contribution < 1.29 is 9.53 Å². The molecule has 0 unspecified atom stereocenters. The summed E-state index contributed by atoms with van der Waals surface area (Å²) in [4.78, 5) is 12.2. The van der Waals surface area contributed by atoms with Gasteiger partial charge in [0, 0.05) is 16.3 Å². The molecule has 3 nitrogen and oxygen atoms in total. The van der Waals surface area contributed by atoms with Crippen LogP contribution in [0.1, 0.15) is 22.2 Å². The molecule has 1 aromatic rings. The van der Waals surface area contributed by atoms with E-state index >= 15 is 0 Å². The third kappa shape index (κ3) is 2.82. The molecular formula is C9H13NO2S. The van der Waals surface area contributed by atoms with Gasteiger partial charge in [0.15, 0.2) is 0 Å². The lowest BCUT2D eigenvalue weighted by molar-refractivity contribution is 0.0601. The molecule has 0 aliphatic heterocycles. The third-order valence-electron chi connectivity index (χ3n) is 1.60. The van der Waals surface area contributed by atoms with E-state index in [1.165, 1.54) is 7.11 Å². The normalized spacial score (nSPS) is 12.5. The highest BCUT2D eigenvalue weighted by atomic mass is 32.1. The highest BCUT2D eigenvalue weighted by molar-refractivity contribution is 7.10. The minimum absolute atomic E-state index is 0.129. The fourth-order valence-corrected chi connectivity index (χ4v) is 2.03. The van der Waals surface area contributed by atoms with Gasteiger partial charge in [-0.2, -0.15) is 0 Å². The van der Waals surface area contributed by atoms with Crippen molar-refractivity contribution >= 4 is 17.3 Å². The molecule has 0 aliphatic rings. The zero-order valence-electron chi connectivity index (χ0n) is 7.74. The first-order chi connectivity index (χ1) is 6.13. The third-order valence-corrected chi connectivity index (χ3v) is 2.56. The first-order valence-electron chi connectivity index (χ1n) is 4.04. The van der Waals surface area contributed by atoms with E-state index in [2.05, 4.69) is 4.74 Å². The lowest BCUT2D eigenvalue weighted by atomic mass is 10.2. The topological polar surface area (TPSA) is 52.3 Å². The number of methoxy groups -OCH3 is 1. The maximum absolute atomic E-state index is 11.1. The van der Waals surface area contributed by atoms with Crippen LogP contribution in [0.5, 0.6) is 0 Å². The van der Waals surface area contributed by atoms with Crippen LogP contribution in [-0.2, 0) is 11.2 Å². The molecule has 0 spiro atoms. The van der Waals surface area contributed by atoms with Gasteiger partial charge in [-0.05, 0) is 19.4 Å². The summed E-state index contributed by atoms with van der Waals surface area (Å²) in [5.41, 5.74) is 6.25. The van der Waals surface area contributed by atoms with E-state index in [0.29, 0.717) is 5.56 Å². The minimum atomic E-state index is -0.285. The van der Waals surface area contributed by atoms with Crippen molar-refractivity contribution in [1.29, 1.82) is 0 Å². The largest absolute Gasteiger partial charge is 0.465 e. The van der Waals surface area contributed by atoms with Gasteiger partial charge in [0.2, 0.25) is 0 Å². The SMILES string of the molecule is COC(=O)c1csc(C[C@@H](C)N)c1. The van der Waals surface area contributed by atoms with Crippen LogP contribution in [0.2, 0.25) is 0 Å². The van der Waals surface area contributed by atoms with Crippen LogP contribution >= 0.6 is 11.3 Å². The Bertz CT molecular complexity index is 294. The molecule has 1 aromatic heterocycles. The lowest BCUT2D eigenvalue weighted by Crippen LogP contribution is -2.16. The highest BCUT2D eigenvalue weighted by Crippen LogP contribution is 2.16. The predicted octanol–water partition coefficient (Wildman–Crippen LogP) is 1.42. The second-order valence-electron chi connectivity index (χ2n) is 2.97. The average molecular weight is 199 g/mol. The maximum atomic E-state index is 11.1.